The van der Waals surface area contributed by atoms with Crippen molar-refractivity contribution >= 4 is 16.0 Å². The first kappa shape index (κ1) is 16.4. The van der Waals surface area contributed by atoms with E-state index in [-0.39, 0.29) is 0 Å². The standard InChI is InChI=1S/C13H25NO4S/c1-10(2)6-5-9-14-19(16,17)12-8-4-7-11(12)13(15)18-3/h10-12,14H,4-9H2,1-3H3. The monoisotopic (exact) mass is 291 g/mol. The van der Waals surface area contributed by atoms with Crippen molar-refractivity contribution < 1.29 is 17.9 Å². The molecule has 6 heteroatoms. The molecule has 2 atom stereocenters. The Morgan fingerprint density at radius 2 is 2.05 bits per heavy atom. The summed E-state index contributed by atoms with van der Waals surface area (Å²) >= 11 is 0. The van der Waals surface area contributed by atoms with E-state index in [4.69, 9.17) is 0 Å². The van der Waals surface area contributed by atoms with Crippen LogP contribution in [0.5, 0.6) is 0 Å². The summed E-state index contributed by atoms with van der Waals surface area (Å²) in [6.45, 7) is 4.67. The lowest BCUT2D eigenvalue weighted by Gasteiger charge is -2.18. The number of rotatable bonds is 7. The molecule has 0 aromatic rings. The predicted octanol–water partition coefficient (Wildman–Crippen LogP) is 1.68. The van der Waals surface area contributed by atoms with E-state index in [1.165, 1.54) is 7.11 Å². The molecule has 0 aromatic carbocycles. The average Bonchev–Trinajstić information content (AvgIpc) is 2.83. The summed E-state index contributed by atoms with van der Waals surface area (Å²) < 4.78 is 31.7. The Morgan fingerprint density at radius 3 is 2.63 bits per heavy atom. The first-order valence-corrected chi connectivity index (χ1v) is 8.49. The second kappa shape index (κ2) is 7.24. The van der Waals surface area contributed by atoms with Crippen LogP contribution in [0.25, 0.3) is 0 Å². The minimum atomic E-state index is -3.41. The summed E-state index contributed by atoms with van der Waals surface area (Å²) in [6, 6.07) is 0. The molecule has 1 aliphatic rings. The summed E-state index contributed by atoms with van der Waals surface area (Å²) in [7, 11) is -2.11. The Hall–Kier alpha value is -0.620. The van der Waals surface area contributed by atoms with Crippen molar-refractivity contribution in [2.24, 2.45) is 11.8 Å². The van der Waals surface area contributed by atoms with Crippen LogP contribution in [0.4, 0.5) is 0 Å². The van der Waals surface area contributed by atoms with Gasteiger partial charge in [0.25, 0.3) is 0 Å². The van der Waals surface area contributed by atoms with Gasteiger partial charge in [-0.05, 0) is 31.6 Å². The van der Waals surface area contributed by atoms with Crippen LogP contribution < -0.4 is 4.72 Å². The number of hydrogen-bond acceptors (Lipinski definition) is 4. The van der Waals surface area contributed by atoms with Crippen molar-refractivity contribution in [2.75, 3.05) is 13.7 Å². The maximum atomic E-state index is 12.2. The number of methoxy groups -OCH3 is 1. The van der Waals surface area contributed by atoms with E-state index in [0.717, 1.165) is 19.3 Å². The van der Waals surface area contributed by atoms with Gasteiger partial charge in [-0.2, -0.15) is 0 Å². The van der Waals surface area contributed by atoms with E-state index < -0.39 is 27.2 Å². The lowest BCUT2D eigenvalue weighted by Crippen LogP contribution is -2.39. The third kappa shape index (κ3) is 4.76. The molecular formula is C13H25NO4S. The van der Waals surface area contributed by atoms with Crippen LogP contribution in [0.3, 0.4) is 0 Å². The minimum absolute atomic E-state index is 0.407. The highest BCUT2D eigenvalue weighted by Gasteiger charge is 2.41. The van der Waals surface area contributed by atoms with Crippen molar-refractivity contribution in [3.63, 3.8) is 0 Å². The maximum absolute atomic E-state index is 12.2. The topological polar surface area (TPSA) is 72.5 Å². The fourth-order valence-electron chi connectivity index (χ4n) is 2.55. The molecule has 2 unspecified atom stereocenters. The molecule has 1 saturated carbocycles. The number of hydrogen-bond donors (Lipinski definition) is 1. The molecule has 0 radical (unpaired) electrons. The molecule has 0 bridgehead atoms. The van der Waals surface area contributed by atoms with Gasteiger partial charge in [0, 0.05) is 6.54 Å². The van der Waals surface area contributed by atoms with Crippen LogP contribution in [0.2, 0.25) is 0 Å². The van der Waals surface area contributed by atoms with Gasteiger partial charge in [-0.25, -0.2) is 13.1 Å². The van der Waals surface area contributed by atoms with Crippen molar-refractivity contribution in [1.82, 2.24) is 4.72 Å². The SMILES string of the molecule is COC(=O)C1CCCC1S(=O)(=O)NCCCC(C)C. The predicted molar refractivity (Wildman–Crippen MR) is 74.1 cm³/mol. The van der Waals surface area contributed by atoms with Gasteiger partial charge in [0.15, 0.2) is 0 Å². The molecule has 0 spiro atoms. The van der Waals surface area contributed by atoms with Crippen LogP contribution in [-0.2, 0) is 19.6 Å². The number of nitrogens with one attached hydrogen (secondary N) is 1. The van der Waals surface area contributed by atoms with Gasteiger partial charge < -0.3 is 4.74 Å². The smallest absolute Gasteiger partial charge is 0.310 e. The molecule has 19 heavy (non-hydrogen) atoms. The summed E-state index contributed by atoms with van der Waals surface area (Å²) in [5, 5.41) is -0.626. The van der Waals surface area contributed by atoms with Gasteiger partial charge >= 0.3 is 5.97 Å². The number of ether oxygens (including phenoxy) is 1. The van der Waals surface area contributed by atoms with Gasteiger partial charge in [-0.3, -0.25) is 4.79 Å². The molecule has 112 valence electrons. The van der Waals surface area contributed by atoms with E-state index >= 15 is 0 Å². The Morgan fingerprint density at radius 1 is 1.37 bits per heavy atom. The molecule has 0 saturated heterocycles. The highest BCUT2D eigenvalue weighted by Crippen LogP contribution is 2.31. The van der Waals surface area contributed by atoms with E-state index in [2.05, 4.69) is 23.3 Å². The third-order valence-electron chi connectivity index (χ3n) is 3.62. The summed E-state index contributed by atoms with van der Waals surface area (Å²) in [6.07, 6.45) is 3.72. The van der Waals surface area contributed by atoms with E-state index in [0.29, 0.717) is 25.3 Å². The Labute approximate surface area is 116 Å². The zero-order valence-electron chi connectivity index (χ0n) is 12.0. The van der Waals surface area contributed by atoms with E-state index in [9.17, 15) is 13.2 Å². The molecule has 1 N–H and O–H groups in total. The molecule has 0 heterocycles. The quantitative estimate of drug-likeness (QED) is 0.572. The second-order valence-corrected chi connectivity index (χ2v) is 7.56. The third-order valence-corrected chi connectivity index (χ3v) is 5.58. The maximum Gasteiger partial charge on any atom is 0.310 e. The fraction of sp³-hybridized carbons (Fsp3) is 0.923. The summed E-state index contributed by atoms with van der Waals surface area (Å²) in [5.74, 6) is -0.346. The van der Waals surface area contributed by atoms with Crippen LogP contribution >= 0.6 is 0 Å². The molecule has 5 nitrogen and oxygen atoms in total. The normalized spacial score (nSPS) is 23.8. The Kier molecular flexibility index (Phi) is 6.26. The van der Waals surface area contributed by atoms with Crippen LogP contribution in [0.15, 0.2) is 0 Å². The van der Waals surface area contributed by atoms with Crippen molar-refractivity contribution in [3.05, 3.63) is 0 Å². The lowest BCUT2D eigenvalue weighted by atomic mass is 10.1. The molecule has 0 aliphatic heterocycles. The van der Waals surface area contributed by atoms with Gasteiger partial charge in [-0.1, -0.05) is 20.3 Å². The van der Waals surface area contributed by atoms with Crippen molar-refractivity contribution in [3.8, 4) is 0 Å². The number of esters is 1. The largest absolute Gasteiger partial charge is 0.469 e. The van der Waals surface area contributed by atoms with Gasteiger partial charge in [0.05, 0.1) is 18.3 Å². The minimum Gasteiger partial charge on any atom is -0.469 e. The summed E-state index contributed by atoms with van der Waals surface area (Å²) in [4.78, 5) is 11.6. The van der Waals surface area contributed by atoms with Crippen LogP contribution in [0, 0.1) is 11.8 Å². The molecule has 0 amide bonds. The highest BCUT2D eigenvalue weighted by atomic mass is 32.2. The zero-order chi connectivity index (χ0) is 14.5. The number of carbonyl (C=O) groups excluding carboxylic acids is 1. The molecule has 1 rings (SSSR count). The molecule has 1 aliphatic carbocycles. The van der Waals surface area contributed by atoms with Gasteiger partial charge in [-0.15, -0.1) is 0 Å². The molecule has 0 aromatic heterocycles. The first-order valence-electron chi connectivity index (χ1n) is 6.94. The van der Waals surface area contributed by atoms with Crippen LogP contribution in [0.1, 0.15) is 46.0 Å². The average molecular weight is 291 g/mol. The summed E-state index contributed by atoms with van der Waals surface area (Å²) in [5.41, 5.74) is 0. The number of sulfonamides is 1. The van der Waals surface area contributed by atoms with E-state index in [1.807, 2.05) is 0 Å². The van der Waals surface area contributed by atoms with Crippen LogP contribution in [-0.4, -0.2) is 33.3 Å². The highest BCUT2D eigenvalue weighted by molar-refractivity contribution is 7.90. The van der Waals surface area contributed by atoms with E-state index in [1.54, 1.807) is 0 Å². The van der Waals surface area contributed by atoms with Crippen molar-refractivity contribution in [2.45, 2.75) is 51.2 Å². The molecular weight excluding hydrogens is 266 g/mol. The van der Waals surface area contributed by atoms with Crippen molar-refractivity contribution in [1.29, 1.82) is 0 Å². The molecule has 1 fully saturated rings. The zero-order valence-corrected chi connectivity index (χ0v) is 12.8. The Balaban J connectivity index is 2.54. The van der Waals surface area contributed by atoms with Gasteiger partial charge in [0.2, 0.25) is 10.0 Å². The fourth-order valence-corrected chi connectivity index (χ4v) is 4.35. The Bertz CT molecular complexity index is 391. The van der Waals surface area contributed by atoms with Gasteiger partial charge in [0.1, 0.15) is 0 Å². The second-order valence-electron chi connectivity index (χ2n) is 5.57. The number of carbonyl (C=O) groups is 1. The lowest BCUT2D eigenvalue weighted by molar-refractivity contribution is -0.145. The first-order chi connectivity index (χ1) is 8.88.